The van der Waals surface area contributed by atoms with Crippen molar-refractivity contribution in [2.24, 2.45) is 5.41 Å². The first kappa shape index (κ1) is 12.5. The van der Waals surface area contributed by atoms with Crippen LogP contribution in [0.15, 0.2) is 24.3 Å². The molecule has 0 amide bonds. The van der Waals surface area contributed by atoms with E-state index < -0.39 is 17.4 Å². The number of hydrogen-bond acceptors (Lipinski definition) is 4. The summed E-state index contributed by atoms with van der Waals surface area (Å²) in [4.78, 5) is 23.6. The van der Waals surface area contributed by atoms with Crippen LogP contribution in [0, 0.1) is 5.41 Å². The summed E-state index contributed by atoms with van der Waals surface area (Å²) in [5.41, 5.74) is 0.315. The van der Waals surface area contributed by atoms with Gasteiger partial charge in [0.05, 0.1) is 14.2 Å². The van der Waals surface area contributed by atoms with E-state index in [1.54, 1.807) is 0 Å². The third-order valence-electron chi connectivity index (χ3n) is 2.76. The third kappa shape index (κ3) is 2.01. The van der Waals surface area contributed by atoms with Crippen molar-refractivity contribution in [3.05, 3.63) is 24.3 Å². The molecule has 16 heavy (non-hydrogen) atoms. The Kier molecular flexibility index (Phi) is 3.52. The van der Waals surface area contributed by atoms with Crippen LogP contribution in [0.5, 0.6) is 0 Å². The van der Waals surface area contributed by atoms with E-state index >= 15 is 0 Å². The van der Waals surface area contributed by atoms with Crippen molar-refractivity contribution in [3.8, 4) is 0 Å². The largest absolute Gasteiger partial charge is 0.468 e. The van der Waals surface area contributed by atoms with Gasteiger partial charge in [-0.1, -0.05) is 24.3 Å². The summed E-state index contributed by atoms with van der Waals surface area (Å²) in [6, 6.07) is 0. The van der Waals surface area contributed by atoms with Crippen LogP contribution in [-0.2, 0) is 19.1 Å². The van der Waals surface area contributed by atoms with Crippen molar-refractivity contribution < 1.29 is 19.1 Å². The Morgan fingerprint density at radius 1 is 1.06 bits per heavy atom. The minimum atomic E-state index is -1.28. The Bertz CT molecular complexity index is 320. The molecule has 0 saturated heterocycles. The highest BCUT2D eigenvalue weighted by Crippen LogP contribution is 2.42. The third-order valence-corrected chi connectivity index (χ3v) is 2.76. The van der Waals surface area contributed by atoms with Gasteiger partial charge in [-0.15, -0.1) is 0 Å². The molecule has 1 fully saturated rings. The molecule has 1 rings (SSSR count). The predicted octanol–water partition coefficient (Wildman–Crippen LogP) is 1.62. The lowest BCUT2D eigenvalue weighted by Crippen LogP contribution is -2.43. The minimum Gasteiger partial charge on any atom is -0.468 e. The Morgan fingerprint density at radius 2 is 1.44 bits per heavy atom. The van der Waals surface area contributed by atoms with E-state index in [1.165, 1.54) is 14.2 Å². The average Bonchev–Trinajstić information content (AvgIpc) is 2.25. The van der Waals surface area contributed by atoms with Crippen LogP contribution in [-0.4, -0.2) is 26.2 Å². The topological polar surface area (TPSA) is 52.6 Å². The molecular formula is C12H16O4. The molecule has 0 radical (unpaired) electrons. The van der Waals surface area contributed by atoms with Crippen molar-refractivity contribution in [1.82, 2.24) is 0 Å². The second-order valence-electron chi connectivity index (χ2n) is 4.10. The SMILES string of the molecule is C=C1CC(=C)CC(C(=O)OC)(C(=O)OC)C1. The zero-order valence-electron chi connectivity index (χ0n) is 9.67. The van der Waals surface area contributed by atoms with Gasteiger partial charge in [-0.25, -0.2) is 0 Å². The van der Waals surface area contributed by atoms with Crippen LogP contribution >= 0.6 is 0 Å². The van der Waals surface area contributed by atoms with Gasteiger partial charge in [0.15, 0.2) is 5.41 Å². The van der Waals surface area contributed by atoms with Crippen LogP contribution in [0.2, 0.25) is 0 Å². The van der Waals surface area contributed by atoms with E-state index in [9.17, 15) is 9.59 Å². The quantitative estimate of drug-likeness (QED) is 0.406. The minimum absolute atomic E-state index is 0.269. The molecule has 4 nitrogen and oxygen atoms in total. The van der Waals surface area contributed by atoms with E-state index in [1.807, 2.05) is 0 Å². The fourth-order valence-corrected chi connectivity index (χ4v) is 2.16. The van der Waals surface area contributed by atoms with Gasteiger partial charge in [-0.2, -0.15) is 0 Å². The predicted molar refractivity (Wildman–Crippen MR) is 58.6 cm³/mol. The monoisotopic (exact) mass is 224 g/mol. The second kappa shape index (κ2) is 4.51. The summed E-state index contributed by atoms with van der Waals surface area (Å²) in [6.45, 7) is 7.63. The van der Waals surface area contributed by atoms with Crippen molar-refractivity contribution in [1.29, 1.82) is 0 Å². The number of allylic oxidation sites excluding steroid dienone is 2. The number of carbonyl (C=O) groups excluding carboxylic acids is 2. The fraction of sp³-hybridized carbons (Fsp3) is 0.500. The van der Waals surface area contributed by atoms with Gasteiger partial charge in [0.2, 0.25) is 0 Å². The van der Waals surface area contributed by atoms with Crippen molar-refractivity contribution >= 4 is 11.9 Å². The maximum atomic E-state index is 11.8. The van der Waals surface area contributed by atoms with Gasteiger partial charge < -0.3 is 9.47 Å². The second-order valence-corrected chi connectivity index (χ2v) is 4.10. The zero-order chi connectivity index (χ0) is 12.3. The summed E-state index contributed by atoms with van der Waals surface area (Å²) >= 11 is 0. The molecule has 0 aromatic rings. The first-order valence-corrected chi connectivity index (χ1v) is 4.96. The van der Waals surface area contributed by atoms with Crippen molar-refractivity contribution in [2.75, 3.05) is 14.2 Å². The van der Waals surface area contributed by atoms with Gasteiger partial charge in [0.25, 0.3) is 0 Å². The number of ether oxygens (including phenoxy) is 2. The molecule has 1 aliphatic rings. The molecule has 0 spiro atoms. The van der Waals surface area contributed by atoms with Gasteiger partial charge in [0.1, 0.15) is 0 Å². The molecule has 0 aliphatic heterocycles. The van der Waals surface area contributed by atoms with E-state index in [-0.39, 0.29) is 12.8 Å². The normalized spacial score (nSPS) is 19.1. The molecule has 0 heterocycles. The molecule has 0 aromatic carbocycles. The number of carbonyl (C=O) groups is 2. The Hall–Kier alpha value is -1.58. The van der Waals surface area contributed by atoms with Crippen molar-refractivity contribution in [2.45, 2.75) is 19.3 Å². The summed E-state index contributed by atoms with van der Waals surface area (Å²) < 4.78 is 9.38. The first-order valence-electron chi connectivity index (χ1n) is 4.96. The van der Waals surface area contributed by atoms with Crippen LogP contribution in [0.3, 0.4) is 0 Å². The summed E-state index contributed by atoms with van der Waals surface area (Å²) in [6.07, 6.45) is 1.19. The standard InChI is InChI=1S/C12H16O4/c1-8-5-9(2)7-12(6-8,10(13)15-3)11(14)16-4/h1-2,5-7H2,3-4H3. The molecular weight excluding hydrogens is 208 g/mol. The van der Waals surface area contributed by atoms with Crippen LogP contribution in [0.25, 0.3) is 0 Å². The maximum Gasteiger partial charge on any atom is 0.323 e. The van der Waals surface area contributed by atoms with Crippen molar-refractivity contribution in [3.63, 3.8) is 0 Å². The van der Waals surface area contributed by atoms with Crippen LogP contribution in [0.1, 0.15) is 19.3 Å². The number of hydrogen-bond donors (Lipinski definition) is 0. The zero-order valence-corrected chi connectivity index (χ0v) is 9.67. The van der Waals surface area contributed by atoms with E-state index in [0.29, 0.717) is 6.42 Å². The molecule has 4 heteroatoms. The first-order chi connectivity index (χ1) is 7.46. The number of methoxy groups -OCH3 is 2. The lowest BCUT2D eigenvalue weighted by atomic mass is 9.70. The fourth-order valence-electron chi connectivity index (χ4n) is 2.16. The molecule has 0 N–H and O–H groups in total. The van der Waals surface area contributed by atoms with E-state index in [0.717, 1.165) is 11.1 Å². The lowest BCUT2D eigenvalue weighted by molar-refractivity contribution is -0.169. The molecule has 0 bridgehead atoms. The maximum absolute atomic E-state index is 11.8. The average molecular weight is 224 g/mol. The Balaban J connectivity index is 3.13. The van der Waals surface area contributed by atoms with E-state index in [4.69, 9.17) is 9.47 Å². The van der Waals surface area contributed by atoms with Gasteiger partial charge in [0, 0.05) is 0 Å². The Labute approximate surface area is 94.9 Å². The number of esters is 2. The van der Waals surface area contributed by atoms with Crippen LogP contribution in [0.4, 0.5) is 0 Å². The highest BCUT2D eigenvalue weighted by molar-refractivity contribution is 6.01. The molecule has 1 saturated carbocycles. The summed E-state index contributed by atoms with van der Waals surface area (Å²) in [7, 11) is 2.51. The highest BCUT2D eigenvalue weighted by atomic mass is 16.5. The van der Waals surface area contributed by atoms with Gasteiger partial charge >= 0.3 is 11.9 Å². The van der Waals surface area contributed by atoms with Crippen LogP contribution < -0.4 is 0 Å². The molecule has 0 atom stereocenters. The molecule has 1 aliphatic carbocycles. The van der Waals surface area contributed by atoms with Gasteiger partial charge in [-0.3, -0.25) is 9.59 Å². The van der Waals surface area contributed by atoms with Gasteiger partial charge in [-0.05, 0) is 19.3 Å². The molecule has 0 aromatic heterocycles. The molecule has 0 unspecified atom stereocenters. The smallest absolute Gasteiger partial charge is 0.323 e. The Morgan fingerprint density at radius 3 is 1.75 bits per heavy atom. The van der Waals surface area contributed by atoms with E-state index in [2.05, 4.69) is 13.2 Å². The summed E-state index contributed by atoms with van der Waals surface area (Å²) in [5.74, 6) is -1.16. The molecule has 88 valence electrons. The summed E-state index contributed by atoms with van der Waals surface area (Å²) in [5, 5.41) is 0. The highest BCUT2D eigenvalue weighted by Gasteiger charge is 2.50. The number of rotatable bonds is 2. The lowest BCUT2D eigenvalue weighted by Gasteiger charge is -2.33.